The Hall–Kier alpha value is -1.96. The number of nitrogens with zero attached hydrogens (tertiary/aromatic N) is 2. The number of aliphatic imine (C=N–C) groups is 1. The van der Waals surface area contributed by atoms with Crippen LogP contribution in [-0.2, 0) is 0 Å². The van der Waals surface area contributed by atoms with E-state index in [1.165, 1.54) is 17.5 Å². The van der Waals surface area contributed by atoms with E-state index in [0.717, 1.165) is 12.2 Å². The minimum absolute atomic E-state index is 0.280. The molecule has 1 unspecified atom stereocenters. The van der Waals surface area contributed by atoms with Gasteiger partial charge < -0.3 is 15.4 Å². The highest BCUT2D eigenvalue weighted by Gasteiger charge is 2.28. The van der Waals surface area contributed by atoms with E-state index in [1.807, 2.05) is 24.3 Å². The van der Waals surface area contributed by atoms with Crippen LogP contribution >= 0.6 is 0 Å². The van der Waals surface area contributed by atoms with Crippen molar-refractivity contribution < 1.29 is 17.9 Å². The van der Waals surface area contributed by atoms with E-state index in [9.17, 15) is 13.2 Å². The van der Waals surface area contributed by atoms with Gasteiger partial charge in [0.05, 0.1) is 13.7 Å². The van der Waals surface area contributed by atoms with Crippen molar-refractivity contribution in [3.05, 3.63) is 29.8 Å². The van der Waals surface area contributed by atoms with Crippen molar-refractivity contribution in [2.75, 3.05) is 47.4 Å². The summed E-state index contributed by atoms with van der Waals surface area (Å²) in [5.41, 5.74) is 1.23. The molecule has 0 saturated carbocycles. The van der Waals surface area contributed by atoms with E-state index in [2.05, 4.69) is 22.5 Å². The van der Waals surface area contributed by atoms with Gasteiger partial charge >= 0.3 is 6.18 Å². The van der Waals surface area contributed by atoms with Crippen LogP contribution in [0.1, 0.15) is 24.8 Å². The van der Waals surface area contributed by atoms with Crippen LogP contribution in [0.4, 0.5) is 13.2 Å². The second-order valence-electron chi connectivity index (χ2n) is 6.24. The fourth-order valence-electron chi connectivity index (χ4n) is 2.48. The number of nitrogens with one attached hydrogen (secondary N) is 2. The number of likely N-dealkylation sites (N-methyl/N-ethyl adjacent to an activating group) is 1. The summed E-state index contributed by atoms with van der Waals surface area (Å²) in [6.45, 7) is 2.61. The summed E-state index contributed by atoms with van der Waals surface area (Å²) in [6.07, 6.45) is -3.27. The second kappa shape index (κ2) is 10.9. The lowest BCUT2D eigenvalue weighted by molar-refractivity contribution is -0.142. The molecule has 0 amide bonds. The van der Waals surface area contributed by atoms with E-state index in [-0.39, 0.29) is 6.54 Å². The number of hydrogen-bond acceptors (Lipinski definition) is 3. The molecular formula is C18H29F3N4O. The Morgan fingerprint density at radius 2 is 1.81 bits per heavy atom. The Balaban J connectivity index is 2.29. The summed E-state index contributed by atoms with van der Waals surface area (Å²) in [7, 11) is 4.73. The van der Waals surface area contributed by atoms with Gasteiger partial charge in [-0.3, -0.25) is 9.89 Å². The highest BCUT2D eigenvalue weighted by atomic mass is 19.4. The van der Waals surface area contributed by atoms with Crippen LogP contribution in [0, 0.1) is 0 Å². The maximum Gasteiger partial charge on any atom is 0.401 e. The molecule has 1 aromatic rings. The molecule has 0 heterocycles. The van der Waals surface area contributed by atoms with Gasteiger partial charge in [-0.25, -0.2) is 0 Å². The molecule has 1 aromatic carbocycles. The molecule has 0 spiro atoms. The fourth-order valence-corrected chi connectivity index (χ4v) is 2.48. The van der Waals surface area contributed by atoms with Crippen LogP contribution in [-0.4, -0.2) is 64.4 Å². The van der Waals surface area contributed by atoms with E-state index in [4.69, 9.17) is 4.74 Å². The number of benzene rings is 1. The van der Waals surface area contributed by atoms with Gasteiger partial charge in [0.25, 0.3) is 0 Å². The topological polar surface area (TPSA) is 48.9 Å². The molecule has 2 N–H and O–H groups in total. The van der Waals surface area contributed by atoms with Gasteiger partial charge in [0.2, 0.25) is 0 Å². The molecule has 1 atom stereocenters. The Morgan fingerprint density at radius 3 is 2.35 bits per heavy atom. The van der Waals surface area contributed by atoms with E-state index >= 15 is 0 Å². The smallest absolute Gasteiger partial charge is 0.401 e. The van der Waals surface area contributed by atoms with Crippen LogP contribution in [0.3, 0.4) is 0 Å². The van der Waals surface area contributed by atoms with Gasteiger partial charge in [-0.05, 0) is 37.1 Å². The molecule has 0 aliphatic carbocycles. The van der Waals surface area contributed by atoms with Crippen molar-refractivity contribution in [2.45, 2.75) is 25.4 Å². The number of methoxy groups -OCH3 is 1. The SMILES string of the molecule is CN=C(NCCC(C)c1ccc(OC)cc1)NCCN(C)CC(F)(F)F. The molecule has 0 aromatic heterocycles. The molecule has 0 fully saturated rings. The average Bonchev–Trinajstić information content (AvgIpc) is 2.58. The van der Waals surface area contributed by atoms with Gasteiger partial charge in [-0.2, -0.15) is 13.2 Å². The van der Waals surface area contributed by atoms with Crippen LogP contribution in [0.15, 0.2) is 29.3 Å². The predicted octanol–water partition coefficient (Wildman–Crippen LogP) is 2.85. The lowest BCUT2D eigenvalue weighted by Crippen LogP contribution is -2.42. The standard InChI is InChI=1S/C18H29F3N4O/c1-14(15-5-7-16(26-4)8-6-15)9-10-23-17(22-2)24-11-12-25(3)13-18(19,20)21/h5-8,14H,9-13H2,1-4H3,(H2,22,23,24). The molecule has 148 valence electrons. The Morgan fingerprint density at radius 1 is 1.19 bits per heavy atom. The molecule has 0 aliphatic rings. The summed E-state index contributed by atoms with van der Waals surface area (Å²) in [5, 5.41) is 6.22. The zero-order chi connectivity index (χ0) is 19.6. The first-order valence-electron chi connectivity index (χ1n) is 8.59. The van der Waals surface area contributed by atoms with Crippen molar-refractivity contribution in [2.24, 2.45) is 4.99 Å². The van der Waals surface area contributed by atoms with Gasteiger partial charge in [0.1, 0.15) is 5.75 Å². The van der Waals surface area contributed by atoms with Crippen molar-refractivity contribution in [3.8, 4) is 5.75 Å². The molecule has 5 nitrogen and oxygen atoms in total. The summed E-state index contributed by atoms with van der Waals surface area (Å²) in [6, 6.07) is 7.98. The van der Waals surface area contributed by atoms with Crippen LogP contribution < -0.4 is 15.4 Å². The predicted molar refractivity (Wildman–Crippen MR) is 98.9 cm³/mol. The van der Waals surface area contributed by atoms with Gasteiger partial charge in [-0.1, -0.05) is 19.1 Å². The minimum Gasteiger partial charge on any atom is -0.497 e. The summed E-state index contributed by atoms with van der Waals surface area (Å²) < 4.78 is 42.0. The Bertz CT molecular complexity index is 546. The third-order valence-corrected chi connectivity index (χ3v) is 4.01. The normalized spacial score (nSPS) is 13.6. The number of ether oxygens (including phenoxy) is 1. The molecular weight excluding hydrogens is 345 g/mol. The van der Waals surface area contributed by atoms with Gasteiger partial charge in [-0.15, -0.1) is 0 Å². The quantitative estimate of drug-likeness (QED) is 0.516. The number of guanidine groups is 1. The second-order valence-corrected chi connectivity index (χ2v) is 6.24. The van der Waals surface area contributed by atoms with Crippen molar-refractivity contribution in [1.29, 1.82) is 0 Å². The molecule has 0 aliphatic heterocycles. The molecule has 0 bridgehead atoms. The maximum atomic E-state index is 12.3. The first-order chi connectivity index (χ1) is 12.2. The van der Waals surface area contributed by atoms with Crippen LogP contribution in [0.5, 0.6) is 5.75 Å². The summed E-state index contributed by atoms with van der Waals surface area (Å²) in [4.78, 5) is 5.32. The molecule has 0 radical (unpaired) electrons. The fraction of sp³-hybridized carbons (Fsp3) is 0.611. The summed E-state index contributed by atoms with van der Waals surface area (Å²) >= 11 is 0. The van der Waals surface area contributed by atoms with Gasteiger partial charge in [0.15, 0.2) is 5.96 Å². The van der Waals surface area contributed by atoms with Crippen LogP contribution in [0.25, 0.3) is 0 Å². The lowest BCUT2D eigenvalue weighted by atomic mass is 9.98. The average molecular weight is 374 g/mol. The molecule has 1 rings (SSSR count). The van der Waals surface area contributed by atoms with Crippen LogP contribution in [0.2, 0.25) is 0 Å². The van der Waals surface area contributed by atoms with E-state index < -0.39 is 12.7 Å². The first kappa shape index (κ1) is 22.1. The largest absolute Gasteiger partial charge is 0.497 e. The zero-order valence-corrected chi connectivity index (χ0v) is 15.9. The maximum absolute atomic E-state index is 12.3. The zero-order valence-electron chi connectivity index (χ0n) is 15.9. The first-order valence-corrected chi connectivity index (χ1v) is 8.59. The number of alkyl halides is 3. The highest BCUT2D eigenvalue weighted by molar-refractivity contribution is 5.79. The number of halogens is 3. The highest BCUT2D eigenvalue weighted by Crippen LogP contribution is 2.21. The third kappa shape index (κ3) is 8.94. The minimum atomic E-state index is -4.17. The Labute approximate surface area is 153 Å². The molecule has 0 saturated heterocycles. The van der Waals surface area contributed by atoms with Gasteiger partial charge in [0, 0.05) is 26.7 Å². The Kier molecular flexibility index (Phi) is 9.26. The monoisotopic (exact) mass is 374 g/mol. The van der Waals surface area contributed by atoms with E-state index in [0.29, 0.717) is 25.0 Å². The lowest BCUT2D eigenvalue weighted by Gasteiger charge is -2.20. The summed E-state index contributed by atoms with van der Waals surface area (Å²) in [5.74, 6) is 1.79. The van der Waals surface area contributed by atoms with Crippen molar-refractivity contribution in [1.82, 2.24) is 15.5 Å². The van der Waals surface area contributed by atoms with Crippen molar-refractivity contribution in [3.63, 3.8) is 0 Å². The third-order valence-electron chi connectivity index (χ3n) is 4.01. The van der Waals surface area contributed by atoms with E-state index in [1.54, 1.807) is 14.2 Å². The van der Waals surface area contributed by atoms with Crippen molar-refractivity contribution >= 4 is 5.96 Å². The molecule has 26 heavy (non-hydrogen) atoms. The number of rotatable bonds is 9. The number of hydrogen-bond donors (Lipinski definition) is 2. The molecule has 8 heteroatoms.